The van der Waals surface area contributed by atoms with Crippen LogP contribution in [0.25, 0.3) is 0 Å². The number of esters is 1. The monoisotopic (exact) mass is 597 g/mol. The van der Waals surface area contributed by atoms with E-state index in [-0.39, 0.29) is 25.1 Å². The number of aromatic nitrogens is 2. The van der Waals surface area contributed by atoms with Gasteiger partial charge in [-0.2, -0.15) is 39.5 Å². The molecule has 1 aromatic heterocycles. The van der Waals surface area contributed by atoms with E-state index in [9.17, 15) is 44.3 Å². The summed E-state index contributed by atoms with van der Waals surface area (Å²) in [6.07, 6.45) is -15.1. The van der Waals surface area contributed by atoms with Gasteiger partial charge in [-0.05, 0) is 41.4 Å². The molecule has 200 valence electrons. The SMILES string of the molecule is CCCC(=O)OCOc1cc(C(F)(F)F)nc(=Nc2cc(C(F)(F)F)cc(C(F)(F)F)c2Br)n1CC. The molecule has 0 saturated heterocycles. The summed E-state index contributed by atoms with van der Waals surface area (Å²) in [5.74, 6) is -1.30. The number of hydrogen-bond donors (Lipinski definition) is 0. The smallest absolute Gasteiger partial charge is 0.433 e. The van der Waals surface area contributed by atoms with Crippen LogP contribution >= 0.6 is 15.9 Å². The number of rotatable bonds is 7. The van der Waals surface area contributed by atoms with Crippen LogP contribution in [0.5, 0.6) is 5.88 Å². The van der Waals surface area contributed by atoms with E-state index < -0.39 is 69.8 Å². The first-order valence-corrected chi connectivity index (χ1v) is 10.8. The summed E-state index contributed by atoms with van der Waals surface area (Å²) >= 11 is 2.54. The fourth-order valence-corrected chi connectivity index (χ4v) is 3.28. The minimum absolute atomic E-state index is 0.00692. The zero-order valence-electron chi connectivity index (χ0n) is 18.4. The Kier molecular flexibility index (Phi) is 9.07. The lowest BCUT2D eigenvalue weighted by Crippen LogP contribution is -2.29. The molecular weight excluding hydrogens is 581 g/mol. The van der Waals surface area contributed by atoms with Gasteiger partial charge in [-0.15, -0.1) is 0 Å². The summed E-state index contributed by atoms with van der Waals surface area (Å²) < 4.78 is 130. The summed E-state index contributed by atoms with van der Waals surface area (Å²) in [4.78, 5) is 18.3. The fraction of sp³-hybridized carbons (Fsp3) is 0.450. The van der Waals surface area contributed by atoms with Gasteiger partial charge in [0.2, 0.25) is 18.3 Å². The van der Waals surface area contributed by atoms with Crippen molar-refractivity contribution in [2.24, 2.45) is 4.99 Å². The van der Waals surface area contributed by atoms with Crippen molar-refractivity contribution < 1.29 is 53.8 Å². The third-order valence-corrected chi connectivity index (χ3v) is 5.22. The Morgan fingerprint density at radius 2 is 1.64 bits per heavy atom. The Hall–Kier alpha value is -2.78. The minimum Gasteiger partial charge on any atom is -0.442 e. The molecule has 0 aliphatic heterocycles. The molecule has 0 atom stereocenters. The normalized spacial score (nSPS) is 13.2. The Labute approximate surface area is 205 Å². The van der Waals surface area contributed by atoms with Crippen LogP contribution in [0.4, 0.5) is 45.2 Å². The topological polar surface area (TPSA) is 65.7 Å². The number of benzene rings is 1. The van der Waals surface area contributed by atoms with Crippen LogP contribution in [-0.4, -0.2) is 22.3 Å². The standard InChI is InChI=1S/C20H17BrF9N3O3/c1-3-5-15(34)36-9-35-14-8-13(20(28,29)30)32-17(33(14)4-2)31-12-7-10(18(22,23)24)6-11(16(12)21)19(25,26)27/h6-8H,3-5,9H2,1-2H3. The highest BCUT2D eigenvalue weighted by Crippen LogP contribution is 2.43. The average Bonchev–Trinajstić information content (AvgIpc) is 2.72. The van der Waals surface area contributed by atoms with Gasteiger partial charge in [-0.25, -0.2) is 9.98 Å². The summed E-state index contributed by atoms with van der Waals surface area (Å²) in [5.41, 5.74) is -6.96. The van der Waals surface area contributed by atoms with Gasteiger partial charge in [-0.3, -0.25) is 9.36 Å². The second-order valence-electron chi connectivity index (χ2n) is 7.01. The van der Waals surface area contributed by atoms with E-state index in [1.165, 1.54) is 6.92 Å². The molecule has 36 heavy (non-hydrogen) atoms. The molecule has 1 heterocycles. The molecule has 2 rings (SSSR count). The third-order valence-electron chi connectivity index (χ3n) is 4.38. The van der Waals surface area contributed by atoms with Gasteiger partial charge < -0.3 is 9.47 Å². The molecule has 16 heteroatoms. The van der Waals surface area contributed by atoms with Crippen LogP contribution in [0.2, 0.25) is 0 Å². The van der Waals surface area contributed by atoms with E-state index in [0.29, 0.717) is 12.5 Å². The largest absolute Gasteiger partial charge is 0.442 e. The van der Waals surface area contributed by atoms with Crippen molar-refractivity contribution in [1.29, 1.82) is 0 Å². The van der Waals surface area contributed by atoms with E-state index >= 15 is 0 Å². The fourth-order valence-electron chi connectivity index (χ4n) is 2.74. The number of nitrogens with zero attached hydrogens (tertiary/aromatic N) is 3. The molecule has 1 aromatic carbocycles. The Balaban J connectivity index is 2.78. The van der Waals surface area contributed by atoms with Crippen molar-refractivity contribution in [3.63, 3.8) is 0 Å². The maximum absolute atomic E-state index is 13.4. The van der Waals surface area contributed by atoms with Crippen molar-refractivity contribution in [2.45, 2.75) is 51.8 Å². The van der Waals surface area contributed by atoms with Crippen LogP contribution in [0.3, 0.4) is 0 Å². The first-order valence-electron chi connectivity index (χ1n) is 9.99. The van der Waals surface area contributed by atoms with E-state index in [1.54, 1.807) is 6.92 Å². The van der Waals surface area contributed by atoms with E-state index in [0.717, 1.165) is 4.57 Å². The lowest BCUT2D eigenvalue weighted by molar-refractivity contribution is -0.151. The molecule has 0 N–H and O–H groups in total. The molecule has 0 saturated carbocycles. The van der Waals surface area contributed by atoms with Crippen LogP contribution in [-0.2, 0) is 34.6 Å². The molecular formula is C20H17BrF9N3O3. The van der Waals surface area contributed by atoms with E-state index in [1.807, 2.05) is 0 Å². The number of alkyl halides is 9. The number of hydrogen-bond acceptors (Lipinski definition) is 5. The molecule has 0 radical (unpaired) electrons. The number of carbonyl (C=O) groups excluding carboxylic acids is 1. The summed E-state index contributed by atoms with van der Waals surface area (Å²) in [6.45, 7) is 2.03. The maximum Gasteiger partial charge on any atom is 0.433 e. The zero-order valence-corrected chi connectivity index (χ0v) is 20.0. The van der Waals surface area contributed by atoms with Gasteiger partial charge in [0.1, 0.15) is 0 Å². The number of ether oxygens (including phenoxy) is 2. The van der Waals surface area contributed by atoms with Crippen LogP contribution in [0.1, 0.15) is 43.5 Å². The van der Waals surface area contributed by atoms with Crippen LogP contribution in [0.15, 0.2) is 27.7 Å². The van der Waals surface area contributed by atoms with Gasteiger partial charge in [0.05, 0.1) is 21.3 Å². The average molecular weight is 598 g/mol. The van der Waals surface area contributed by atoms with Gasteiger partial charge in [0.15, 0.2) is 5.69 Å². The quantitative estimate of drug-likeness (QED) is 0.204. The maximum atomic E-state index is 13.4. The molecule has 0 bridgehead atoms. The Bertz CT molecular complexity index is 1170. The van der Waals surface area contributed by atoms with Gasteiger partial charge in [0.25, 0.3) is 0 Å². The van der Waals surface area contributed by atoms with Crippen LogP contribution in [0, 0.1) is 0 Å². The summed E-state index contributed by atoms with van der Waals surface area (Å²) in [7, 11) is 0. The predicted molar refractivity (Wildman–Crippen MR) is 109 cm³/mol. The van der Waals surface area contributed by atoms with Crippen molar-refractivity contribution >= 4 is 27.6 Å². The number of halogens is 10. The summed E-state index contributed by atoms with van der Waals surface area (Å²) in [6, 6.07) is 0.503. The first-order chi connectivity index (χ1) is 16.5. The third kappa shape index (κ3) is 7.36. The lowest BCUT2D eigenvalue weighted by Gasteiger charge is -2.17. The highest BCUT2D eigenvalue weighted by Gasteiger charge is 2.39. The second kappa shape index (κ2) is 11.1. The zero-order chi connectivity index (χ0) is 27.5. The molecule has 0 spiro atoms. The molecule has 6 nitrogen and oxygen atoms in total. The molecule has 0 aliphatic carbocycles. The predicted octanol–water partition coefficient (Wildman–Crippen LogP) is 6.63. The molecule has 0 fully saturated rings. The van der Waals surface area contributed by atoms with Gasteiger partial charge in [0, 0.05) is 19.0 Å². The van der Waals surface area contributed by atoms with E-state index in [2.05, 4.69) is 25.9 Å². The lowest BCUT2D eigenvalue weighted by atomic mass is 10.1. The Morgan fingerprint density at radius 1 is 1.00 bits per heavy atom. The highest BCUT2D eigenvalue weighted by atomic mass is 79.9. The Morgan fingerprint density at radius 3 is 2.14 bits per heavy atom. The van der Waals surface area contributed by atoms with Crippen molar-refractivity contribution in [2.75, 3.05) is 6.79 Å². The molecule has 2 aromatic rings. The van der Waals surface area contributed by atoms with Gasteiger partial charge >= 0.3 is 24.5 Å². The highest BCUT2D eigenvalue weighted by molar-refractivity contribution is 9.10. The number of carbonyl (C=O) groups is 1. The van der Waals surface area contributed by atoms with Crippen molar-refractivity contribution in [1.82, 2.24) is 9.55 Å². The van der Waals surface area contributed by atoms with Gasteiger partial charge in [-0.1, -0.05) is 6.92 Å². The molecule has 0 unspecified atom stereocenters. The molecule has 0 aliphatic rings. The summed E-state index contributed by atoms with van der Waals surface area (Å²) in [5, 5.41) is 0. The molecule has 0 amide bonds. The van der Waals surface area contributed by atoms with Crippen molar-refractivity contribution in [3.8, 4) is 5.88 Å². The van der Waals surface area contributed by atoms with Crippen LogP contribution < -0.4 is 10.4 Å². The first kappa shape index (κ1) is 29.5. The minimum atomic E-state index is -5.25. The van der Waals surface area contributed by atoms with Crippen molar-refractivity contribution in [3.05, 3.63) is 45.1 Å². The second-order valence-corrected chi connectivity index (χ2v) is 7.81. The van der Waals surface area contributed by atoms with E-state index in [4.69, 9.17) is 9.47 Å².